The molecule has 23 nitrogen and oxygen atoms in total. The summed E-state index contributed by atoms with van der Waals surface area (Å²) >= 11 is 6.63. The maximum absolute atomic E-state index is 14.8. The lowest BCUT2D eigenvalue weighted by atomic mass is 9.92. The van der Waals surface area contributed by atoms with Crippen molar-refractivity contribution in [3.05, 3.63) is 86.7 Å². The predicted octanol–water partition coefficient (Wildman–Crippen LogP) is 5.79. The summed E-state index contributed by atoms with van der Waals surface area (Å²) in [4.78, 5) is 87.0. The molecule has 5 amide bonds. The number of benzene rings is 2. The Labute approximate surface area is 489 Å². The molecule has 0 spiro atoms. The van der Waals surface area contributed by atoms with Crippen LogP contribution in [0.4, 0.5) is 42.5 Å². The number of hydrogen-bond acceptors (Lipinski definition) is 15. The number of anilines is 5. The molecule has 9 heterocycles. The highest BCUT2D eigenvalue weighted by Crippen LogP contribution is 2.44. The molecule has 84 heavy (non-hydrogen) atoms. The van der Waals surface area contributed by atoms with Gasteiger partial charge in [0.25, 0.3) is 17.9 Å². The first kappa shape index (κ1) is 57.7. The molecule has 4 aromatic heterocycles. The Morgan fingerprint density at radius 2 is 1.62 bits per heavy atom. The molecule has 0 bridgehead atoms. The van der Waals surface area contributed by atoms with Crippen LogP contribution in [0.2, 0.25) is 5.02 Å². The summed E-state index contributed by atoms with van der Waals surface area (Å²) in [5.74, 6) is 1.67. The van der Waals surface area contributed by atoms with Crippen LogP contribution in [0.25, 0.3) is 22.0 Å². The quantitative estimate of drug-likeness (QED) is 0.111. The van der Waals surface area contributed by atoms with Gasteiger partial charge in [0, 0.05) is 170 Å². The van der Waals surface area contributed by atoms with Crippen molar-refractivity contribution in [3.8, 4) is 22.6 Å². The van der Waals surface area contributed by atoms with Crippen molar-refractivity contribution in [2.75, 3.05) is 115 Å². The summed E-state index contributed by atoms with van der Waals surface area (Å²) in [5.41, 5.74) is 5.38. The number of urea groups is 1. The third kappa shape index (κ3) is 11.8. The largest absolute Gasteiger partial charge is 0.494 e. The number of piperidine rings is 2. The number of carbonyl (C=O) groups is 4. The summed E-state index contributed by atoms with van der Waals surface area (Å²) in [6.45, 7) is 6.60. The van der Waals surface area contributed by atoms with Gasteiger partial charge in [-0.3, -0.25) is 33.4 Å². The van der Waals surface area contributed by atoms with Crippen LogP contribution in [-0.4, -0.2) is 177 Å². The van der Waals surface area contributed by atoms with Crippen molar-refractivity contribution in [3.63, 3.8) is 0 Å². The first-order valence-electron chi connectivity index (χ1n) is 28.8. The lowest BCUT2D eigenvalue weighted by Gasteiger charge is -2.39. The van der Waals surface area contributed by atoms with E-state index in [0.29, 0.717) is 174 Å². The van der Waals surface area contributed by atoms with Crippen molar-refractivity contribution >= 4 is 75.2 Å². The number of fused-ring (bicyclic) bond motifs is 3. The number of aromatic nitrogens is 7. The van der Waals surface area contributed by atoms with Gasteiger partial charge in [-0.15, -0.1) is 0 Å². The molecular weight excluding hydrogens is 1110 g/mol. The molecule has 0 atom stereocenters. The molecular formula is C58H71ClF2N16O7. The highest BCUT2D eigenvalue weighted by Gasteiger charge is 2.37. The van der Waals surface area contributed by atoms with Gasteiger partial charge in [-0.2, -0.15) is 15.2 Å². The molecule has 446 valence electrons. The van der Waals surface area contributed by atoms with E-state index in [-0.39, 0.29) is 58.7 Å². The van der Waals surface area contributed by atoms with Gasteiger partial charge in [0.15, 0.2) is 24.0 Å². The number of alkyl halides is 2. The maximum atomic E-state index is 14.8. The smallest absolute Gasteiger partial charge is 0.317 e. The number of ether oxygens (including phenoxy) is 2. The molecule has 3 fully saturated rings. The van der Waals surface area contributed by atoms with Crippen LogP contribution in [0.1, 0.15) is 73.4 Å². The number of hydrogen-bond donors (Lipinski definition) is 3. The Kier molecular flexibility index (Phi) is 16.9. The number of aryl methyl sites for hydroxylation is 3. The van der Waals surface area contributed by atoms with Gasteiger partial charge in [0.1, 0.15) is 10.8 Å². The zero-order valence-corrected chi connectivity index (χ0v) is 48.8. The van der Waals surface area contributed by atoms with Crippen molar-refractivity contribution in [1.29, 1.82) is 0 Å². The number of rotatable bonds is 15. The van der Waals surface area contributed by atoms with Gasteiger partial charge >= 0.3 is 6.03 Å². The normalized spacial score (nSPS) is 17.1. The Balaban J connectivity index is 0.666. The standard InChI is InChI=1S/C58H71ClF2N16O7/c1-62-49(78)34-84-48-27-37-25-39(28-47(83-5)51(37)70(4)56(48)81)66-53-44(59)31-64-57(67-53)74-16-8-35(9-17-74)55(80)73-23-21-71(22-24-73)15-13-50(79)72-18-10-40(11-19-72)77-45-12-20-75(58(82)63-2)33-43(45)54(68-77)76-14-6-7-36-26-41(38-30-65-69(3)32-38)42(52(60)61)29-46(36)76/h25-32,35,40,52H,6-24,33-34H2,1-5H3,(H,62,78)(H,63,82)(H,64,66,67). The second-order valence-electron chi connectivity index (χ2n) is 22.2. The predicted molar refractivity (Wildman–Crippen MR) is 313 cm³/mol. The summed E-state index contributed by atoms with van der Waals surface area (Å²) in [7, 11) is 7.98. The molecule has 26 heteroatoms. The summed E-state index contributed by atoms with van der Waals surface area (Å²) in [6.07, 6.45) is 7.40. The summed E-state index contributed by atoms with van der Waals surface area (Å²) < 4.78 is 46.1. The van der Waals surface area contributed by atoms with Crippen LogP contribution in [0.15, 0.2) is 53.7 Å². The minimum absolute atomic E-state index is 0.00688. The highest BCUT2D eigenvalue weighted by atomic mass is 35.5. The fourth-order valence-electron chi connectivity index (χ4n) is 12.5. The van der Waals surface area contributed by atoms with E-state index < -0.39 is 12.0 Å². The van der Waals surface area contributed by atoms with E-state index in [9.17, 15) is 32.8 Å². The van der Waals surface area contributed by atoms with Crippen LogP contribution >= 0.6 is 11.6 Å². The summed E-state index contributed by atoms with van der Waals surface area (Å²) in [5, 5.41) is 19.0. The van der Waals surface area contributed by atoms with E-state index in [1.54, 1.807) is 67.4 Å². The first-order chi connectivity index (χ1) is 40.6. The molecule has 0 aliphatic carbocycles. The van der Waals surface area contributed by atoms with Crippen molar-refractivity contribution in [1.82, 2.24) is 64.3 Å². The Bertz CT molecular complexity index is 3530. The van der Waals surface area contributed by atoms with Crippen LogP contribution < -0.4 is 40.8 Å². The van der Waals surface area contributed by atoms with Crippen molar-refractivity contribution < 1.29 is 37.4 Å². The lowest BCUT2D eigenvalue weighted by Crippen LogP contribution is -2.52. The van der Waals surface area contributed by atoms with Crippen LogP contribution in [0, 0.1) is 5.92 Å². The number of likely N-dealkylation sites (N-methyl/N-ethyl adjacent to an activating group) is 1. The Morgan fingerprint density at radius 1 is 0.845 bits per heavy atom. The molecule has 3 saturated heterocycles. The molecule has 2 aromatic carbocycles. The van der Waals surface area contributed by atoms with Crippen molar-refractivity contribution in [2.45, 2.75) is 70.4 Å². The third-order valence-corrected chi connectivity index (χ3v) is 17.4. The number of nitrogens with one attached hydrogen (secondary N) is 3. The monoisotopic (exact) mass is 1180 g/mol. The van der Waals surface area contributed by atoms with Gasteiger partial charge in [0.2, 0.25) is 17.8 Å². The van der Waals surface area contributed by atoms with Crippen LogP contribution in [0.3, 0.4) is 0 Å². The van der Waals surface area contributed by atoms with Gasteiger partial charge in [-0.1, -0.05) is 11.6 Å². The zero-order chi connectivity index (χ0) is 58.9. The Morgan fingerprint density at radius 3 is 2.32 bits per heavy atom. The van der Waals surface area contributed by atoms with Gasteiger partial charge in [-0.05, 0) is 73.9 Å². The minimum Gasteiger partial charge on any atom is -0.494 e. The fraction of sp³-hybridized carbons (Fsp3) is 0.500. The average molecular weight is 1180 g/mol. The molecule has 11 rings (SSSR count). The van der Waals surface area contributed by atoms with Gasteiger partial charge in [-0.25, -0.2) is 18.6 Å². The van der Waals surface area contributed by atoms with E-state index in [1.165, 1.54) is 24.9 Å². The molecule has 0 saturated carbocycles. The maximum Gasteiger partial charge on any atom is 0.317 e. The lowest BCUT2D eigenvalue weighted by molar-refractivity contribution is -0.138. The SMILES string of the molecule is CNC(=O)COc1cc2cc(Nc3nc(N4CCC(C(=O)N5CCN(CCC(=O)N6CCC(n7nc(N8CCCc9cc(-c%10cnn(C)c%10)c(C(F)F)cc98)c8c7CCN(C(=O)NC)C8)CC6)CC5)CC4)ncc3Cl)cc(OC)c2n(C)c1=O. The topological polar surface area (TPSA) is 226 Å². The highest BCUT2D eigenvalue weighted by molar-refractivity contribution is 6.33. The molecule has 0 unspecified atom stereocenters. The second kappa shape index (κ2) is 24.6. The van der Waals surface area contributed by atoms with Crippen LogP contribution in [0.5, 0.6) is 11.5 Å². The Hall–Kier alpha value is -8.06. The molecule has 0 radical (unpaired) electrons. The van der Waals surface area contributed by atoms with Gasteiger partial charge < -0.3 is 54.5 Å². The number of amides is 5. The molecule has 5 aliphatic rings. The molecule has 3 N–H and O–H groups in total. The minimum atomic E-state index is -2.71. The number of carbonyl (C=O) groups excluding carboxylic acids is 4. The molecule has 6 aromatic rings. The van der Waals surface area contributed by atoms with Crippen molar-refractivity contribution in [2.24, 2.45) is 20.0 Å². The van der Waals surface area contributed by atoms with Crippen LogP contribution in [-0.2, 0) is 47.9 Å². The number of likely N-dealkylation sites (tertiary alicyclic amines) is 1. The molecule has 5 aliphatic heterocycles. The number of halogens is 3. The average Bonchev–Trinajstić information content (AvgIpc) is 4.31. The number of methoxy groups -OCH3 is 1. The van der Waals surface area contributed by atoms with E-state index >= 15 is 0 Å². The van der Waals surface area contributed by atoms with Gasteiger partial charge in [0.05, 0.1) is 37.6 Å². The van der Waals surface area contributed by atoms with E-state index in [4.69, 9.17) is 31.2 Å². The number of piperazine rings is 1. The van der Waals surface area contributed by atoms with E-state index in [1.807, 2.05) is 20.8 Å². The summed E-state index contributed by atoms with van der Waals surface area (Å²) in [6, 6.07) is 8.43. The van der Waals surface area contributed by atoms with E-state index in [0.717, 1.165) is 29.7 Å². The first-order valence-corrected chi connectivity index (χ1v) is 29.1. The third-order valence-electron chi connectivity index (χ3n) is 17.2. The fourth-order valence-corrected chi connectivity index (χ4v) is 12.7. The van der Waals surface area contributed by atoms with E-state index in [2.05, 4.69) is 40.5 Å². The zero-order valence-electron chi connectivity index (χ0n) is 48.0. The second-order valence-corrected chi connectivity index (χ2v) is 22.6. The number of nitrogens with zero attached hydrogens (tertiary/aromatic N) is 13. The number of pyridine rings is 1.